The number of anilines is 1. The molecule has 0 saturated heterocycles. The number of benzene rings is 1. The highest BCUT2D eigenvalue weighted by Crippen LogP contribution is 2.23. The first-order chi connectivity index (χ1) is 10.7. The summed E-state index contributed by atoms with van der Waals surface area (Å²) in [5.74, 6) is 5.02. The van der Waals surface area contributed by atoms with Crippen LogP contribution in [0, 0.1) is 6.92 Å². The number of hydrogen-bond donors (Lipinski definition) is 3. The van der Waals surface area contributed by atoms with Crippen molar-refractivity contribution >= 4 is 17.7 Å². The van der Waals surface area contributed by atoms with Gasteiger partial charge in [0, 0.05) is 18.6 Å². The van der Waals surface area contributed by atoms with Crippen LogP contribution in [-0.4, -0.2) is 10.7 Å². The second-order valence-corrected chi connectivity index (χ2v) is 5.05. The summed E-state index contributed by atoms with van der Waals surface area (Å²) in [4.78, 5) is 0. The lowest BCUT2D eigenvalue weighted by Crippen LogP contribution is -2.29. The molecule has 0 saturated carbocycles. The van der Waals surface area contributed by atoms with Crippen molar-refractivity contribution in [2.75, 3.05) is 5.43 Å². The quantitative estimate of drug-likeness (QED) is 0.225. The summed E-state index contributed by atoms with van der Waals surface area (Å²) in [6.07, 6.45) is 3.47. The Balaban J connectivity index is 1.97. The van der Waals surface area contributed by atoms with Crippen LogP contribution in [-0.2, 0) is 7.05 Å². The molecule has 0 unspecified atom stereocenters. The van der Waals surface area contributed by atoms with E-state index in [1.165, 1.54) is 23.3 Å². The first-order valence-corrected chi connectivity index (χ1v) is 7.01. The lowest BCUT2D eigenvalue weighted by molar-refractivity contribution is -0.633. The Bertz CT molecular complexity index is 778. The second-order valence-electron chi connectivity index (χ2n) is 5.05. The summed E-state index contributed by atoms with van der Waals surface area (Å²) in [5, 5.41) is 3.36. The molecule has 0 spiro atoms. The summed E-state index contributed by atoms with van der Waals surface area (Å²) in [5.41, 5.74) is 11.5. The number of nitrogens with zero attached hydrogens (tertiary/aromatic N) is 3. The highest BCUT2D eigenvalue weighted by molar-refractivity contribution is 5.65. The van der Waals surface area contributed by atoms with E-state index in [1.807, 2.05) is 18.2 Å². The third-order valence-corrected chi connectivity index (χ3v) is 3.74. The van der Waals surface area contributed by atoms with Crippen molar-refractivity contribution in [1.82, 2.24) is 9.83 Å². The molecule has 0 radical (unpaired) electrons. The number of nitrogens with two attached hydrogens (primary N) is 1. The molecule has 0 bridgehead atoms. The monoisotopic (exact) mass is 295 g/mol. The van der Waals surface area contributed by atoms with Gasteiger partial charge in [-0.3, -0.25) is 5.43 Å². The van der Waals surface area contributed by atoms with Crippen LogP contribution >= 0.6 is 0 Å². The number of rotatable bonds is 4. The maximum atomic E-state index is 5.02. The zero-order valence-corrected chi connectivity index (χ0v) is 12.6. The molecule has 6 heteroatoms. The number of hydrazone groups is 1. The van der Waals surface area contributed by atoms with Crippen molar-refractivity contribution in [3.8, 4) is 11.3 Å². The lowest BCUT2D eigenvalue weighted by atomic mass is 10.1. The molecule has 0 atom stereocenters. The zero-order valence-electron chi connectivity index (χ0n) is 12.6. The molecule has 1 aromatic carbocycles. The molecule has 2 heterocycles. The molecule has 0 aliphatic carbocycles. The van der Waals surface area contributed by atoms with Crippen LogP contribution in [0.4, 0.5) is 5.69 Å². The van der Waals surface area contributed by atoms with Gasteiger partial charge in [0.1, 0.15) is 6.34 Å². The Labute approximate surface area is 128 Å². The number of hydrazine groups is 1. The van der Waals surface area contributed by atoms with Gasteiger partial charge in [-0.1, -0.05) is 6.07 Å². The number of imidazole rings is 1. The molecular weight excluding hydrogens is 276 g/mol. The Morgan fingerprint density at radius 1 is 1.18 bits per heavy atom. The molecule has 2 aromatic heterocycles. The fraction of sp³-hybridized carbons (Fsp3) is 0.125. The Morgan fingerprint density at radius 3 is 2.64 bits per heavy atom. The van der Waals surface area contributed by atoms with E-state index in [0.717, 1.165) is 11.3 Å². The number of pyridine rings is 1. The third kappa shape index (κ3) is 2.35. The average Bonchev–Trinajstić information content (AvgIpc) is 2.81. The predicted octanol–water partition coefficient (Wildman–Crippen LogP) is 1.56. The summed E-state index contributed by atoms with van der Waals surface area (Å²) >= 11 is 0. The van der Waals surface area contributed by atoms with E-state index in [9.17, 15) is 0 Å². The van der Waals surface area contributed by atoms with Gasteiger partial charge in [0.25, 0.3) is 5.65 Å². The Kier molecular flexibility index (Phi) is 3.65. The first-order valence-electron chi connectivity index (χ1n) is 7.01. The minimum atomic E-state index is 0.938. The van der Waals surface area contributed by atoms with Crippen molar-refractivity contribution in [2.45, 2.75) is 6.92 Å². The van der Waals surface area contributed by atoms with E-state index >= 15 is 0 Å². The molecule has 3 rings (SSSR count). The van der Waals surface area contributed by atoms with Crippen LogP contribution in [0.2, 0.25) is 0 Å². The van der Waals surface area contributed by atoms with Crippen molar-refractivity contribution in [3.05, 3.63) is 54.4 Å². The van der Waals surface area contributed by atoms with Crippen molar-refractivity contribution < 1.29 is 4.57 Å². The third-order valence-electron chi connectivity index (χ3n) is 3.74. The smallest absolute Gasteiger partial charge is 0.286 e. The maximum Gasteiger partial charge on any atom is 0.286 e. The number of aryl methyl sites for hydroxylation is 2. The lowest BCUT2D eigenvalue weighted by Gasteiger charge is -2.05. The van der Waals surface area contributed by atoms with Crippen LogP contribution in [0.25, 0.3) is 16.9 Å². The van der Waals surface area contributed by atoms with E-state index in [-0.39, 0.29) is 0 Å². The zero-order chi connectivity index (χ0) is 15.5. The summed E-state index contributed by atoms with van der Waals surface area (Å²) in [6.45, 7) is 2.13. The van der Waals surface area contributed by atoms with Gasteiger partial charge in [-0.05, 0) is 30.3 Å². The van der Waals surface area contributed by atoms with Crippen LogP contribution in [0.1, 0.15) is 5.69 Å². The van der Waals surface area contributed by atoms with Gasteiger partial charge in [-0.15, -0.1) is 0 Å². The minimum absolute atomic E-state index is 0.938. The van der Waals surface area contributed by atoms with E-state index in [0.29, 0.717) is 0 Å². The van der Waals surface area contributed by atoms with Crippen molar-refractivity contribution in [2.24, 2.45) is 18.0 Å². The fourth-order valence-corrected chi connectivity index (χ4v) is 2.73. The van der Waals surface area contributed by atoms with E-state index in [4.69, 9.17) is 5.84 Å². The fourth-order valence-electron chi connectivity index (χ4n) is 2.73. The van der Waals surface area contributed by atoms with Gasteiger partial charge in [0.05, 0.1) is 18.9 Å². The largest absolute Gasteiger partial charge is 0.322 e. The van der Waals surface area contributed by atoms with Crippen molar-refractivity contribution in [1.29, 1.82) is 0 Å². The topological polar surface area (TPSA) is 70.7 Å². The van der Waals surface area contributed by atoms with Crippen LogP contribution in [0.3, 0.4) is 0 Å². The SMILES string of the molecule is Cc1c(-c2ccc(NNC=NN)cc2)[n+](C)c2ccccn12. The van der Waals surface area contributed by atoms with Crippen LogP contribution in [0.5, 0.6) is 0 Å². The van der Waals surface area contributed by atoms with E-state index in [2.05, 4.69) is 69.4 Å². The van der Waals surface area contributed by atoms with Gasteiger partial charge in [-0.25, -0.2) is 4.57 Å². The van der Waals surface area contributed by atoms with Gasteiger partial charge in [0.2, 0.25) is 0 Å². The molecule has 22 heavy (non-hydrogen) atoms. The summed E-state index contributed by atoms with van der Waals surface area (Å²) in [7, 11) is 2.09. The van der Waals surface area contributed by atoms with Gasteiger partial charge in [-0.2, -0.15) is 9.50 Å². The number of hydrogen-bond acceptors (Lipinski definition) is 3. The standard InChI is InChI=1S/C16H19N6/c1-12-16(21(2)15-5-3-4-10-22(12)15)13-6-8-14(9-7-13)20-19-11-18-17/h3-11,20H,17H2,1-2H3,(H,18,19)/q+1. The number of fused-ring (bicyclic) bond motifs is 1. The van der Waals surface area contributed by atoms with Gasteiger partial charge >= 0.3 is 0 Å². The molecule has 4 N–H and O–H groups in total. The van der Waals surface area contributed by atoms with Crippen LogP contribution < -0.4 is 21.3 Å². The summed E-state index contributed by atoms with van der Waals surface area (Å²) in [6, 6.07) is 14.4. The Hall–Kier alpha value is -3.02. The number of nitrogens with one attached hydrogen (secondary N) is 2. The summed E-state index contributed by atoms with van der Waals surface area (Å²) < 4.78 is 4.40. The molecule has 0 fully saturated rings. The highest BCUT2D eigenvalue weighted by atomic mass is 15.4. The van der Waals surface area contributed by atoms with Crippen LogP contribution in [0.15, 0.2) is 53.8 Å². The van der Waals surface area contributed by atoms with E-state index < -0.39 is 0 Å². The van der Waals surface area contributed by atoms with Crippen molar-refractivity contribution in [3.63, 3.8) is 0 Å². The molecule has 6 nitrogen and oxygen atoms in total. The molecule has 112 valence electrons. The molecule has 0 aliphatic heterocycles. The molecule has 0 amide bonds. The highest BCUT2D eigenvalue weighted by Gasteiger charge is 2.20. The minimum Gasteiger partial charge on any atom is -0.322 e. The molecule has 3 aromatic rings. The Morgan fingerprint density at radius 2 is 1.95 bits per heavy atom. The number of aromatic nitrogens is 2. The second kappa shape index (κ2) is 5.77. The average molecular weight is 295 g/mol. The van der Waals surface area contributed by atoms with Gasteiger partial charge in [0.15, 0.2) is 11.4 Å². The molecular formula is C16H19N6+. The predicted molar refractivity (Wildman–Crippen MR) is 88.2 cm³/mol. The first kappa shape index (κ1) is 13.9. The molecule has 0 aliphatic rings. The van der Waals surface area contributed by atoms with E-state index in [1.54, 1.807) is 0 Å². The normalized spacial score (nSPS) is 11.2. The van der Waals surface area contributed by atoms with Gasteiger partial charge < -0.3 is 11.3 Å². The maximum absolute atomic E-state index is 5.02.